The summed E-state index contributed by atoms with van der Waals surface area (Å²) < 4.78 is 13.5. The van der Waals surface area contributed by atoms with Crippen LogP contribution in [0.2, 0.25) is 0 Å². The summed E-state index contributed by atoms with van der Waals surface area (Å²) in [5.41, 5.74) is 1.12. The van der Waals surface area contributed by atoms with Gasteiger partial charge in [0.1, 0.15) is 5.82 Å². The molecule has 0 saturated carbocycles. The molecule has 2 N–H and O–H groups in total. The molecule has 1 aliphatic heterocycles. The van der Waals surface area contributed by atoms with Gasteiger partial charge in [0, 0.05) is 25.7 Å². The molecule has 1 fully saturated rings. The maximum absolute atomic E-state index is 13.0. The molecule has 0 radical (unpaired) electrons. The quantitative estimate of drug-likeness (QED) is 0.803. The second-order valence-electron chi connectivity index (χ2n) is 3.38. The van der Waals surface area contributed by atoms with Crippen molar-refractivity contribution >= 4 is 15.9 Å². The summed E-state index contributed by atoms with van der Waals surface area (Å²) in [6.07, 6.45) is 0. The summed E-state index contributed by atoms with van der Waals surface area (Å²) in [4.78, 5) is 0. The first-order valence-corrected chi connectivity index (χ1v) is 5.46. The van der Waals surface area contributed by atoms with E-state index in [0.717, 1.165) is 25.2 Å². The zero-order valence-electron chi connectivity index (χ0n) is 7.69. The Morgan fingerprint density at radius 3 is 2.86 bits per heavy atom. The first kappa shape index (κ1) is 10.1. The number of benzene rings is 1. The smallest absolute Gasteiger partial charge is 0.137 e. The van der Waals surface area contributed by atoms with Gasteiger partial charge in [0.2, 0.25) is 0 Å². The Morgan fingerprint density at radius 2 is 2.21 bits per heavy atom. The van der Waals surface area contributed by atoms with Crippen LogP contribution in [0.25, 0.3) is 0 Å². The Bertz CT molecular complexity index is 324. The van der Waals surface area contributed by atoms with E-state index >= 15 is 0 Å². The van der Waals surface area contributed by atoms with E-state index in [1.54, 1.807) is 0 Å². The predicted octanol–water partition coefficient (Wildman–Crippen LogP) is 1.82. The lowest BCUT2D eigenvalue weighted by atomic mass is 10.1. The van der Waals surface area contributed by atoms with Crippen molar-refractivity contribution in [2.45, 2.75) is 6.04 Å². The maximum Gasteiger partial charge on any atom is 0.137 e. The third-order valence-electron chi connectivity index (χ3n) is 2.39. The van der Waals surface area contributed by atoms with Gasteiger partial charge in [-0.15, -0.1) is 0 Å². The van der Waals surface area contributed by atoms with Crippen LogP contribution in [0.3, 0.4) is 0 Å². The highest BCUT2D eigenvalue weighted by Gasteiger charge is 2.14. The van der Waals surface area contributed by atoms with Gasteiger partial charge in [0.25, 0.3) is 0 Å². The number of piperazine rings is 1. The molecule has 14 heavy (non-hydrogen) atoms. The molecule has 1 heterocycles. The summed E-state index contributed by atoms with van der Waals surface area (Å²) in [5, 5.41) is 6.67. The summed E-state index contributed by atoms with van der Waals surface area (Å²) in [5.74, 6) is -0.211. The molecular weight excluding hydrogens is 247 g/mol. The van der Waals surface area contributed by atoms with Gasteiger partial charge >= 0.3 is 0 Å². The molecule has 0 amide bonds. The third-order valence-corrected chi connectivity index (χ3v) is 2.99. The van der Waals surface area contributed by atoms with Crippen LogP contribution in [-0.4, -0.2) is 19.6 Å². The topological polar surface area (TPSA) is 24.1 Å². The highest BCUT2D eigenvalue weighted by atomic mass is 79.9. The number of halogens is 2. The van der Waals surface area contributed by atoms with Crippen LogP contribution >= 0.6 is 15.9 Å². The van der Waals surface area contributed by atoms with Gasteiger partial charge < -0.3 is 10.6 Å². The van der Waals surface area contributed by atoms with Crippen LogP contribution < -0.4 is 10.6 Å². The Labute approximate surface area is 91.0 Å². The molecule has 1 saturated heterocycles. The average Bonchev–Trinajstić information content (AvgIpc) is 2.23. The Hall–Kier alpha value is -0.450. The first-order chi connectivity index (χ1) is 6.77. The minimum Gasteiger partial charge on any atom is -0.314 e. The molecule has 1 aliphatic rings. The normalized spacial score (nSPS) is 22.3. The van der Waals surface area contributed by atoms with Crippen molar-refractivity contribution in [3.8, 4) is 0 Å². The van der Waals surface area contributed by atoms with E-state index in [2.05, 4.69) is 26.6 Å². The van der Waals surface area contributed by atoms with Crippen molar-refractivity contribution < 1.29 is 4.39 Å². The predicted molar refractivity (Wildman–Crippen MR) is 57.7 cm³/mol. The highest BCUT2D eigenvalue weighted by Crippen LogP contribution is 2.21. The van der Waals surface area contributed by atoms with Gasteiger partial charge in [-0.1, -0.05) is 6.07 Å². The van der Waals surface area contributed by atoms with Crippen LogP contribution in [0.5, 0.6) is 0 Å². The lowest BCUT2D eigenvalue weighted by Gasteiger charge is -2.25. The lowest BCUT2D eigenvalue weighted by molar-refractivity contribution is 0.429. The average molecular weight is 259 g/mol. The molecule has 0 unspecified atom stereocenters. The Morgan fingerprint density at radius 1 is 1.36 bits per heavy atom. The second-order valence-corrected chi connectivity index (χ2v) is 4.24. The van der Waals surface area contributed by atoms with Crippen molar-refractivity contribution in [1.82, 2.24) is 10.6 Å². The second kappa shape index (κ2) is 4.38. The summed E-state index contributed by atoms with van der Waals surface area (Å²) in [6.45, 7) is 2.86. The van der Waals surface area contributed by atoms with Crippen LogP contribution in [0.15, 0.2) is 22.7 Å². The minimum atomic E-state index is -0.211. The van der Waals surface area contributed by atoms with E-state index in [1.165, 1.54) is 6.07 Å². The molecule has 0 bridgehead atoms. The molecule has 2 rings (SSSR count). The largest absolute Gasteiger partial charge is 0.314 e. The minimum absolute atomic E-state index is 0.211. The van der Waals surface area contributed by atoms with Crippen molar-refractivity contribution in [2.24, 2.45) is 0 Å². The molecule has 1 aromatic rings. The molecule has 1 aromatic carbocycles. The van der Waals surface area contributed by atoms with Crippen LogP contribution in [0, 0.1) is 5.82 Å². The molecular formula is C10H12BrFN2. The summed E-state index contributed by atoms with van der Waals surface area (Å²) in [6, 6.07) is 5.45. The molecule has 4 heteroatoms. The van der Waals surface area contributed by atoms with Crippen LogP contribution in [0.4, 0.5) is 4.39 Å². The zero-order chi connectivity index (χ0) is 9.97. The molecule has 0 spiro atoms. The summed E-state index contributed by atoms with van der Waals surface area (Å²) in [7, 11) is 0. The maximum atomic E-state index is 13.0. The molecule has 76 valence electrons. The van der Waals surface area contributed by atoms with E-state index in [1.807, 2.05) is 12.1 Å². The van der Waals surface area contributed by atoms with Gasteiger partial charge in [0.05, 0.1) is 4.47 Å². The van der Waals surface area contributed by atoms with Gasteiger partial charge in [-0.05, 0) is 33.6 Å². The van der Waals surface area contributed by atoms with Crippen molar-refractivity contribution in [1.29, 1.82) is 0 Å². The van der Waals surface area contributed by atoms with Gasteiger partial charge in [-0.3, -0.25) is 0 Å². The number of rotatable bonds is 1. The fourth-order valence-electron chi connectivity index (χ4n) is 1.62. The van der Waals surface area contributed by atoms with Gasteiger partial charge in [0.15, 0.2) is 0 Å². The highest BCUT2D eigenvalue weighted by molar-refractivity contribution is 9.10. The fraction of sp³-hybridized carbons (Fsp3) is 0.400. The first-order valence-electron chi connectivity index (χ1n) is 4.66. The Kier molecular flexibility index (Phi) is 3.15. The number of hydrogen-bond acceptors (Lipinski definition) is 2. The molecule has 0 aromatic heterocycles. The fourth-order valence-corrected chi connectivity index (χ4v) is 2.01. The van der Waals surface area contributed by atoms with Crippen molar-refractivity contribution in [3.05, 3.63) is 34.1 Å². The molecule has 2 nitrogen and oxygen atoms in total. The van der Waals surface area contributed by atoms with E-state index in [9.17, 15) is 4.39 Å². The van der Waals surface area contributed by atoms with Crippen LogP contribution in [-0.2, 0) is 0 Å². The number of hydrogen-bond donors (Lipinski definition) is 2. The number of nitrogens with one attached hydrogen (secondary N) is 2. The third kappa shape index (κ3) is 2.13. The van der Waals surface area contributed by atoms with Crippen molar-refractivity contribution in [2.75, 3.05) is 19.6 Å². The zero-order valence-corrected chi connectivity index (χ0v) is 9.27. The van der Waals surface area contributed by atoms with E-state index < -0.39 is 0 Å². The monoisotopic (exact) mass is 258 g/mol. The molecule has 0 aliphatic carbocycles. The van der Waals surface area contributed by atoms with Gasteiger partial charge in [-0.25, -0.2) is 4.39 Å². The lowest BCUT2D eigenvalue weighted by Crippen LogP contribution is -2.42. The SMILES string of the molecule is Fc1ccc([C@@H]2CNCCN2)cc1Br. The summed E-state index contributed by atoms with van der Waals surface area (Å²) >= 11 is 3.19. The Balaban J connectivity index is 2.18. The van der Waals surface area contributed by atoms with E-state index in [0.29, 0.717) is 10.5 Å². The van der Waals surface area contributed by atoms with Gasteiger partial charge in [-0.2, -0.15) is 0 Å². The van der Waals surface area contributed by atoms with Crippen molar-refractivity contribution in [3.63, 3.8) is 0 Å². The van der Waals surface area contributed by atoms with Crippen LogP contribution in [0.1, 0.15) is 11.6 Å². The van der Waals surface area contributed by atoms with E-state index in [4.69, 9.17) is 0 Å². The molecule has 1 atom stereocenters. The standard InChI is InChI=1S/C10H12BrFN2/c11-8-5-7(1-2-9(8)12)10-6-13-3-4-14-10/h1-2,5,10,13-14H,3-4,6H2/t10-/m0/s1. The van der Waals surface area contributed by atoms with E-state index in [-0.39, 0.29) is 5.82 Å².